The maximum absolute atomic E-state index is 12.5. The summed E-state index contributed by atoms with van der Waals surface area (Å²) in [5, 5.41) is 2.67. The van der Waals surface area contributed by atoms with Crippen LogP contribution in [0.25, 0.3) is 0 Å². The Kier molecular flexibility index (Phi) is 4.45. The first kappa shape index (κ1) is 17.0. The van der Waals surface area contributed by atoms with Crippen molar-refractivity contribution in [3.05, 3.63) is 59.4 Å². The van der Waals surface area contributed by atoms with Crippen LogP contribution in [-0.4, -0.2) is 10.9 Å². The van der Waals surface area contributed by atoms with Crippen LogP contribution in [-0.2, 0) is 11.6 Å². The molecule has 1 aromatic carbocycles. The van der Waals surface area contributed by atoms with Crippen molar-refractivity contribution in [3.63, 3.8) is 0 Å². The number of halogens is 3. The van der Waals surface area contributed by atoms with Gasteiger partial charge in [0.2, 0.25) is 0 Å². The van der Waals surface area contributed by atoms with Crippen LogP contribution in [0.5, 0.6) is 0 Å². The number of alkyl halides is 3. The molecule has 0 unspecified atom stereocenters. The Balaban J connectivity index is 2.16. The second kappa shape index (κ2) is 6.02. The van der Waals surface area contributed by atoms with E-state index in [4.69, 9.17) is 0 Å². The largest absolute Gasteiger partial charge is 0.416 e. The Morgan fingerprint density at radius 3 is 2.17 bits per heavy atom. The lowest BCUT2D eigenvalue weighted by Gasteiger charge is -2.18. The van der Waals surface area contributed by atoms with E-state index in [-0.39, 0.29) is 11.0 Å². The lowest BCUT2D eigenvalue weighted by atomic mass is 9.91. The van der Waals surface area contributed by atoms with Gasteiger partial charge in [-0.2, -0.15) is 13.2 Å². The summed E-state index contributed by atoms with van der Waals surface area (Å²) in [6, 6.07) is 7.48. The number of rotatable bonds is 2. The third-order valence-corrected chi connectivity index (χ3v) is 3.26. The predicted molar refractivity (Wildman–Crippen MR) is 82.3 cm³/mol. The van der Waals surface area contributed by atoms with Crippen LogP contribution in [0.15, 0.2) is 42.6 Å². The minimum atomic E-state index is -4.41. The third-order valence-electron chi connectivity index (χ3n) is 3.26. The molecule has 0 bridgehead atoms. The van der Waals surface area contributed by atoms with Crippen LogP contribution in [0.4, 0.5) is 18.9 Å². The molecule has 0 saturated heterocycles. The van der Waals surface area contributed by atoms with Crippen molar-refractivity contribution in [1.29, 1.82) is 0 Å². The van der Waals surface area contributed by atoms with Crippen molar-refractivity contribution in [1.82, 2.24) is 4.98 Å². The molecular weight excluding hydrogens is 305 g/mol. The summed E-state index contributed by atoms with van der Waals surface area (Å²) in [4.78, 5) is 16.4. The van der Waals surface area contributed by atoms with E-state index in [0.717, 1.165) is 30.0 Å². The van der Waals surface area contributed by atoms with Crippen LogP contribution in [0.1, 0.15) is 42.4 Å². The number of nitrogens with zero attached hydrogens (tertiary/aromatic N) is 1. The number of amides is 1. The van der Waals surface area contributed by atoms with E-state index in [1.165, 1.54) is 0 Å². The van der Waals surface area contributed by atoms with E-state index >= 15 is 0 Å². The molecule has 0 atom stereocenters. The number of hydrogen-bond acceptors (Lipinski definition) is 2. The van der Waals surface area contributed by atoms with Gasteiger partial charge >= 0.3 is 6.18 Å². The number of carbonyl (C=O) groups is 1. The second-order valence-corrected chi connectivity index (χ2v) is 6.21. The Morgan fingerprint density at radius 2 is 1.65 bits per heavy atom. The van der Waals surface area contributed by atoms with E-state index in [1.807, 2.05) is 20.8 Å². The number of pyridine rings is 1. The maximum Gasteiger partial charge on any atom is 0.416 e. The number of nitrogens with one attached hydrogen (secondary N) is 1. The molecule has 0 aliphatic rings. The van der Waals surface area contributed by atoms with Crippen molar-refractivity contribution in [3.8, 4) is 0 Å². The summed E-state index contributed by atoms with van der Waals surface area (Å²) in [7, 11) is 0. The summed E-state index contributed by atoms with van der Waals surface area (Å²) in [6.07, 6.45) is -2.83. The molecule has 0 aliphatic heterocycles. The summed E-state index contributed by atoms with van der Waals surface area (Å²) >= 11 is 0. The Labute approximate surface area is 132 Å². The van der Waals surface area contributed by atoms with Gasteiger partial charge in [0, 0.05) is 28.6 Å². The van der Waals surface area contributed by atoms with Crippen molar-refractivity contribution in [2.24, 2.45) is 0 Å². The highest BCUT2D eigenvalue weighted by atomic mass is 19.4. The van der Waals surface area contributed by atoms with Crippen molar-refractivity contribution in [2.75, 3.05) is 5.32 Å². The van der Waals surface area contributed by atoms with Crippen LogP contribution in [0, 0.1) is 0 Å². The zero-order valence-electron chi connectivity index (χ0n) is 13.0. The average Bonchev–Trinajstić information content (AvgIpc) is 2.46. The molecule has 1 amide bonds. The van der Waals surface area contributed by atoms with Gasteiger partial charge in [0.25, 0.3) is 5.91 Å². The van der Waals surface area contributed by atoms with Gasteiger partial charge in [-0.15, -0.1) is 0 Å². The molecule has 1 heterocycles. The zero-order chi connectivity index (χ0) is 17.3. The molecule has 2 rings (SSSR count). The fraction of sp³-hybridized carbons (Fsp3) is 0.294. The van der Waals surface area contributed by atoms with Gasteiger partial charge < -0.3 is 5.32 Å². The van der Waals surface area contributed by atoms with Crippen LogP contribution < -0.4 is 5.32 Å². The molecule has 0 saturated carbocycles. The summed E-state index contributed by atoms with van der Waals surface area (Å²) in [6.45, 7) is 5.99. The normalized spacial score (nSPS) is 12.1. The minimum Gasteiger partial charge on any atom is -0.322 e. The molecule has 0 radical (unpaired) electrons. The molecule has 1 aromatic heterocycles. The topological polar surface area (TPSA) is 42.0 Å². The maximum atomic E-state index is 12.5. The standard InChI is InChI=1S/C17H17F3N2O/c1-16(2,3)14-10-13(8-9-21-14)22-15(23)11-4-6-12(7-5-11)17(18,19)20/h4-10H,1-3H3,(H,21,22,23). The summed E-state index contributed by atoms with van der Waals surface area (Å²) < 4.78 is 37.5. The molecule has 0 spiro atoms. The molecule has 6 heteroatoms. The zero-order valence-corrected chi connectivity index (χ0v) is 13.0. The number of anilines is 1. The molecular formula is C17H17F3N2O. The van der Waals surface area contributed by atoms with Gasteiger partial charge in [-0.3, -0.25) is 9.78 Å². The van der Waals surface area contributed by atoms with Gasteiger partial charge in [0.05, 0.1) is 5.56 Å². The Hall–Kier alpha value is -2.37. The van der Waals surface area contributed by atoms with E-state index in [2.05, 4.69) is 10.3 Å². The third kappa shape index (κ3) is 4.31. The first-order valence-electron chi connectivity index (χ1n) is 7.02. The van der Waals surface area contributed by atoms with Crippen LogP contribution in [0.3, 0.4) is 0 Å². The molecule has 122 valence electrons. The number of aromatic nitrogens is 1. The molecule has 0 fully saturated rings. The van der Waals surface area contributed by atoms with E-state index in [0.29, 0.717) is 5.69 Å². The van der Waals surface area contributed by atoms with Gasteiger partial charge in [-0.1, -0.05) is 20.8 Å². The van der Waals surface area contributed by atoms with Gasteiger partial charge in [-0.05, 0) is 36.4 Å². The fourth-order valence-electron chi connectivity index (χ4n) is 1.93. The monoisotopic (exact) mass is 322 g/mol. The fourth-order valence-corrected chi connectivity index (χ4v) is 1.93. The minimum absolute atomic E-state index is 0.159. The van der Waals surface area contributed by atoms with Crippen molar-refractivity contribution >= 4 is 11.6 Å². The molecule has 0 aliphatic carbocycles. The Bertz CT molecular complexity index is 701. The number of carbonyl (C=O) groups excluding carboxylic acids is 1. The first-order chi connectivity index (χ1) is 10.6. The summed E-state index contributed by atoms with van der Waals surface area (Å²) in [5.41, 5.74) is 0.562. The SMILES string of the molecule is CC(C)(C)c1cc(NC(=O)c2ccc(C(F)(F)F)cc2)ccn1. The van der Waals surface area contributed by atoms with Gasteiger partial charge in [0.15, 0.2) is 0 Å². The molecule has 1 N–H and O–H groups in total. The highest BCUT2D eigenvalue weighted by Gasteiger charge is 2.30. The van der Waals surface area contributed by atoms with Gasteiger partial charge in [0.1, 0.15) is 0 Å². The van der Waals surface area contributed by atoms with Crippen molar-refractivity contribution < 1.29 is 18.0 Å². The van der Waals surface area contributed by atoms with Crippen molar-refractivity contribution in [2.45, 2.75) is 32.4 Å². The quantitative estimate of drug-likeness (QED) is 0.874. The smallest absolute Gasteiger partial charge is 0.322 e. The molecule has 23 heavy (non-hydrogen) atoms. The first-order valence-corrected chi connectivity index (χ1v) is 7.02. The second-order valence-electron chi connectivity index (χ2n) is 6.21. The highest BCUT2D eigenvalue weighted by Crippen LogP contribution is 2.29. The number of hydrogen-bond donors (Lipinski definition) is 1. The summed E-state index contributed by atoms with van der Waals surface area (Å²) in [5.74, 6) is -0.468. The molecule has 3 nitrogen and oxygen atoms in total. The van der Waals surface area contributed by atoms with Gasteiger partial charge in [-0.25, -0.2) is 0 Å². The number of benzene rings is 1. The van der Waals surface area contributed by atoms with E-state index in [9.17, 15) is 18.0 Å². The highest BCUT2D eigenvalue weighted by molar-refractivity contribution is 6.04. The Morgan fingerprint density at radius 1 is 1.04 bits per heavy atom. The van der Waals surface area contributed by atoms with Crippen LogP contribution in [0.2, 0.25) is 0 Å². The van der Waals surface area contributed by atoms with E-state index < -0.39 is 17.6 Å². The average molecular weight is 322 g/mol. The van der Waals surface area contributed by atoms with E-state index in [1.54, 1.807) is 18.3 Å². The molecule has 2 aromatic rings. The predicted octanol–water partition coefficient (Wildman–Crippen LogP) is 4.65. The lowest BCUT2D eigenvalue weighted by Crippen LogP contribution is -2.16. The lowest BCUT2D eigenvalue weighted by molar-refractivity contribution is -0.137. The van der Waals surface area contributed by atoms with Crippen LogP contribution >= 0.6 is 0 Å².